The second-order valence-electron chi connectivity index (χ2n) is 7.44. The maximum atomic E-state index is 12.9. The number of benzene rings is 1. The number of hydrogen-bond donors (Lipinski definition) is 1. The van der Waals surface area contributed by atoms with Crippen LogP contribution in [0, 0.1) is 5.92 Å². The smallest absolute Gasteiger partial charge is 0.295 e. The van der Waals surface area contributed by atoms with Crippen molar-refractivity contribution >= 4 is 34.5 Å². The van der Waals surface area contributed by atoms with Crippen LogP contribution < -0.4 is 15.8 Å². The van der Waals surface area contributed by atoms with Gasteiger partial charge in [0.05, 0.1) is 0 Å². The molecular formula is C22H24ClN5O2. The predicted octanol–water partition coefficient (Wildman–Crippen LogP) is 3.00. The van der Waals surface area contributed by atoms with E-state index in [0.29, 0.717) is 61.0 Å². The Bertz CT molecular complexity index is 1100. The zero-order valence-electron chi connectivity index (χ0n) is 16.8. The highest BCUT2D eigenvalue weighted by Crippen LogP contribution is 2.22. The quantitative estimate of drug-likeness (QED) is 0.679. The van der Waals surface area contributed by atoms with E-state index in [1.165, 1.54) is 0 Å². The van der Waals surface area contributed by atoms with Crippen LogP contribution in [0.25, 0.3) is 11.2 Å². The van der Waals surface area contributed by atoms with Crippen molar-refractivity contribution in [3.8, 4) is 0 Å². The summed E-state index contributed by atoms with van der Waals surface area (Å²) >= 11 is 5.90. The molecule has 0 radical (unpaired) electrons. The third kappa shape index (κ3) is 4.16. The van der Waals surface area contributed by atoms with Crippen molar-refractivity contribution < 1.29 is 4.79 Å². The van der Waals surface area contributed by atoms with E-state index in [0.717, 1.165) is 5.56 Å². The molecule has 3 aromatic rings. The lowest BCUT2D eigenvalue weighted by atomic mass is 9.96. The lowest BCUT2D eigenvalue weighted by Crippen LogP contribution is -2.43. The molecule has 0 bridgehead atoms. The molecule has 3 heterocycles. The number of nitrogens with zero attached hydrogens (tertiary/aromatic N) is 4. The van der Waals surface area contributed by atoms with E-state index in [4.69, 9.17) is 11.6 Å². The average molecular weight is 426 g/mol. The monoisotopic (exact) mass is 425 g/mol. The molecule has 1 amide bonds. The Hall–Kier alpha value is -2.93. The van der Waals surface area contributed by atoms with Crippen LogP contribution >= 0.6 is 11.6 Å². The molecule has 1 fully saturated rings. The molecule has 1 aliphatic rings. The lowest BCUT2D eigenvalue weighted by Gasteiger charge is -2.32. The largest absolute Gasteiger partial charge is 0.352 e. The van der Waals surface area contributed by atoms with Gasteiger partial charge in [-0.05, 0) is 49.6 Å². The first-order valence-electron chi connectivity index (χ1n) is 10.2. The topological polar surface area (TPSA) is 80.1 Å². The summed E-state index contributed by atoms with van der Waals surface area (Å²) < 4.78 is 1.66. The van der Waals surface area contributed by atoms with Crippen LogP contribution in [0.5, 0.6) is 0 Å². The predicted molar refractivity (Wildman–Crippen MR) is 118 cm³/mol. The maximum absolute atomic E-state index is 12.9. The first-order chi connectivity index (χ1) is 14.6. The minimum absolute atomic E-state index is 0.0474. The summed E-state index contributed by atoms with van der Waals surface area (Å²) in [7, 11) is 0. The molecule has 0 saturated carbocycles. The van der Waals surface area contributed by atoms with E-state index < -0.39 is 0 Å². The van der Waals surface area contributed by atoms with Crippen LogP contribution in [0.15, 0.2) is 47.4 Å². The van der Waals surface area contributed by atoms with Gasteiger partial charge in [0, 0.05) is 43.3 Å². The zero-order valence-corrected chi connectivity index (χ0v) is 17.6. The fourth-order valence-corrected chi connectivity index (χ4v) is 3.98. The van der Waals surface area contributed by atoms with Crippen molar-refractivity contribution in [3.05, 3.63) is 63.5 Å². The van der Waals surface area contributed by atoms with Crippen LogP contribution in [0.1, 0.15) is 25.3 Å². The number of pyridine rings is 1. The van der Waals surface area contributed by atoms with E-state index in [-0.39, 0.29) is 17.4 Å². The molecule has 1 aromatic carbocycles. The summed E-state index contributed by atoms with van der Waals surface area (Å²) in [4.78, 5) is 36.4. The molecule has 0 atom stereocenters. The number of carbonyl (C=O) groups is 1. The highest BCUT2D eigenvalue weighted by Gasteiger charge is 2.27. The van der Waals surface area contributed by atoms with E-state index >= 15 is 0 Å². The van der Waals surface area contributed by atoms with Crippen LogP contribution in [0.4, 0.5) is 5.82 Å². The van der Waals surface area contributed by atoms with Crippen LogP contribution in [0.3, 0.4) is 0 Å². The Morgan fingerprint density at radius 3 is 2.63 bits per heavy atom. The molecule has 0 aliphatic carbocycles. The highest BCUT2D eigenvalue weighted by molar-refractivity contribution is 6.30. The molecule has 0 spiro atoms. The summed E-state index contributed by atoms with van der Waals surface area (Å²) in [5.41, 5.74) is 2.19. The van der Waals surface area contributed by atoms with Crippen LogP contribution in [-0.4, -0.2) is 33.5 Å². The first-order valence-corrected chi connectivity index (χ1v) is 10.6. The van der Waals surface area contributed by atoms with Gasteiger partial charge < -0.3 is 10.2 Å². The van der Waals surface area contributed by atoms with Gasteiger partial charge in [-0.25, -0.2) is 9.97 Å². The van der Waals surface area contributed by atoms with Crippen LogP contribution in [-0.2, 0) is 17.9 Å². The number of halogens is 1. The summed E-state index contributed by atoms with van der Waals surface area (Å²) in [6.45, 7) is 4.19. The third-order valence-corrected chi connectivity index (χ3v) is 5.80. The fraction of sp³-hybridized carbons (Fsp3) is 0.364. The number of fused-ring (bicyclic) bond motifs is 1. The van der Waals surface area contributed by atoms with Crippen molar-refractivity contribution in [1.29, 1.82) is 0 Å². The Morgan fingerprint density at radius 2 is 1.93 bits per heavy atom. The second-order valence-corrected chi connectivity index (χ2v) is 7.87. The number of anilines is 1. The number of aryl methyl sites for hydroxylation is 1. The average Bonchev–Trinajstić information content (AvgIpc) is 2.78. The molecule has 2 aromatic heterocycles. The van der Waals surface area contributed by atoms with Crippen molar-refractivity contribution in [2.45, 2.75) is 32.9 Å². The summed E-state index contributed by atoms with van der Waals surface area (Å²) in [6, 6.07) is 11.1. The van der Waals surface area contributed by atoms with E-state index in [1.54, 1.807) is 10.8 Å². The second kappa shape index (κ2) is 8.83. The number of aromatic nitrogens is 3. The van der Waals surface area contributed by atoms with Gasteiger partial charge in [0.25, 0.3) is 5.56 Å². The van der Waals surface area contributed by atoms with Gasteiger partial charge in [0.1, 0.15) is 5.52 Å². The number of amides is 1. The normalized spacial score (nSPS) is 14.8. The van der Waals surface area contributed by atoms with Crippen LogP contribution in [0.2, 0.25) is 5.02 Å². The number of rotatable bonds is 5. The first kappa shape index (κ1) is 20.3. The van der Waals surface area contributed by atoms with Gasteiger partial charge in [-0.15, -0.1) is 0 Å². The molecule has 4 rings (SSSR count). The molecule has 7 nitrogen and oxygen atoms in total. The Morgan fingerprint density at radius 1 is 1.20 bits per heavy atom. The highest BCUT2D eigenvalue weighted by atomic mass is 35.5. The number of carbonyl (C=O) groups excluding carboxylic acids is 1. The van der Waals surface area contributed by atoms with Gasteiger partial charge >= 0.3 is 0 Å². The third-order valence-electron chi connectivity index (χ3n) is 5.55. The molecule has 1 aliphatic heterocycles. The fourth-order valence-electron chi connectivity index (χ4n) is 3.85. The molecule has 30 heavy (non-hydrogen) atoms. The number of nitrogens with one attached hydrogen (secondary N) is 1. The summed E-state index contributed by atoms with van der Waals surface area (Å²) in [5, 5.41) is 3.68. The number of hydrogen-bond acceptors (Lipinski definition) is 5. The van der Waals surface area contributed by atoms with Gasteiger partial charge in [0.2, 0.25) is 5.91 Å². The minimum Gasteiger partial charge on any atom is -0.352 e. The van der Waals surface area contributed by atoms with Gasteiger partial charge in [0.15, 0.2) is 11.5 Å². The van der Waals surface area contributed by atoms with Gasteiger partial charge in [-0.2, -0.15) is 0 Å². The molecule has 1 saturated heterocycles. The zero-order chi connectivity index (χ0) is 21.1. The molecule has 1 N–H and O–H groups in total. The van der Waals surface area contributed by atoms with Crippen molar-refractivity contribution in [2.24, 2.45) is 5.92 Å². The van der Waals surface area contributed by atoms with Gasteiger partial charge in [-0.1, -0.05) is 23.7 Å². The summed E-state index contributed by atoms with van der Waals surface area (Å²) in [6.07, 6.45) is 3.04. The molecule has 156 valence electrons. The van der Waals surface area contributed by atoms with Crippen molar-refractivity contribution in [1.82, 2.24) is 19.9 Å². The van der Waals surface area contributed by atoms with Crippen molar-refractivity contribution in [3.63, 3.8) is 0 Å². The van der Waals surface area contributed by atoms with E-state index in [1.807, 2.05) is 48.2 Å². The van der Waals surface area contributed by atoms with Crippen molar-refractivity contribution in [2.75, 3.05) is 18.0 Å². The molecule has 8 heteroatoms. The Labute approximate surface area is 179 Å². The van der Waals surface area contributed by atoms with Gasteiger partial charge in [-0.3, -0.25) is 14.2 Å². The molecular weight excluding hydrogens is 402 g/mol. The molecule has 0 unspecified atom stereocenters. The van der Waals surface area contributed by atoms with E-state index in [9.17, 15) is 9.59 Å². The summed E-state index contributed by atoms with van der Waals surface area (Å²) in [5.74, 6) is 0.424. The Balaban J connectivity index is 1.42. The Kier molecular flexibility index (Phi) is 5.99. The maximum Gasteiger partial charge on any atom is 0.295 e. The van der Waals surface area contributed by atoms with E-state index in [2.05, 4.69) is 15.3 Å². The SMILES string of the molecule is CCn1c(=O)c(N2CCC(C(=O)NCc3ccc(Cl)cc3)CC2)nc2cccnc21. The lowest BCUT2D eigenvalue weighted by molar-refractivity contribution is -0.125. The minimum atomic E-state index is -0.130. The number of piperidine rings is 1. The standard InChI is InChI=1S/C22H24ClN5O2/c1-2-28-19-18(4-3-11-24-19)26-20(22(28)30)27-12-9-16(10-13-27)21(29)25-14-15-5-7-17(23)8-6-15/h3-8,11,16H,2,9-10,12-14H2,1H3,(H,25,29).